The number of nitriles is 1. The molecule has 0 bridgehead atoms. The molecule has 3 heteroatoms. The van der Waals surface area contributed by atoms with Gasteiger partial charge in [0, 0.05) is 0 Å². The van der Waals surface area contributed by atoms with Gasteiger partial charge in [0.05, 0.1) is 12.5 Å². The van der Waals surface area contributed by atoms with Crippen molar-refractivity contribution >= 4 is 16.7 Å². The Morgan fingerprint density at radius 3 is 2.58 bits per heavy atom. The summed E-state index contributed by atoms with van der Waals surface area (Å²) in [6.07, 6.45) is 0.288. The molecule has 0 saturated carbocycles. The molecule has 1 amide bonds. The minimum absolute atomic E-state index is 0.137. The van der Waals surface area contributed by atoms with Crippen LogP contribution in [0.5, 0.6) is 0 Å². The normalized spacial score (nSPS) is 11.0. The minimum atomic E-state index is -0.825. The summed E-state index contributed by atoms with van der Waals surface area (Å²) in [6.45, 7) is 3.37. The maximum Gasteiger partial charge on any atom is 0.225 e. The number of carbonyl (C=O) groups is 1. The van der Waals surface area contributed by atoms with Crippen molar-refractivity contribution in [2.75, 3.05) is 0 Å². The van der Waals surface area contributed by atoms with Crippen LogP contribution in [0.1, 0.15) is 19.4 Å². The summed E-state index contributed by atoms with van der Waals surface area (Å²) in [5, 5.41) is 13.9. The van der Waals surface area contributed by atoms with Crippen LogP contribution in [0.4, 0.5) is 0 Å². The Hall–Kier alpha value is -2.34. The largest absolute Gasteiger partial charge is 0.338 e. The number of rotatable bonds is 3. The molecular weight excluding hydrogens is 236 g/mol. The first-order chi connectivity index (χ1) is 9.00. The van der Waals surface area contributed by atoms with Gasteiger partial charge in [0.15, 0.2) is 0 Å². The molecule has 19 heavy (non-hydrogen) atoms. The molecule has 0 aliphatic heterocycles. The predicted octanol–water partition coefficient (Wildman–Crippen LogP) is 2.80. The number of benzene rings is 2. The Balaban J connectivity index is 2.14. The summed E-state index contributed by atoms with van der Waals surface area (Å²) in [7, 11) is 0. The van der Waals surface area contributed by atoms with E-state index >= 15 is 0 Å². The molecule has 0 radical (unpaired) electrons. The quantitative estimate of drug-likeness (QED) is 0.913. The molecule has 3 nitrogen and oxygen atoms in total. The second-order valence-corrected chi connectivity index (χ2v) is 5.14. The van der Waals surface area contributed by atoms with Gasteiger partial charge in [0.25, 0.3) is 0 Å². The predicted molar refractivity (Wildman–Crippen MR) is 75.5 cm³/mol. The molecule has 0 aromatic heterocycles. The van der Waals surface area contributed by atoms with E-state index in [-0.39, 0.29) is 12.3 Å². The molecule has 0 aliphatic carbocycles. The van der Waals surface area contributed by atoms with Gasteiger partial charge < -0.3 is 5.32 Å². The summed E-state index contributed by atoms with van der Waals surface area (Å²) < 4.78 is 0. The smallest absolute Gasteiger partial charge is 0.225 e. The van der Waals surface area contributed by atoms with Crippen molar-refractivity contribution in [3.63, 3.8) is 0 Å². The van der Waals surface area contributed by atoms with Crippen molar-refractivity contribution in [2.45, 2.75) is 25.8 Å². The lowest BCUT2D eigenvalue weighted by molar-refractivity contribution is -0.121. The van der Waals surface area contributed by atoms with Gasteiger partial charge in [-0.1, -0.05) is 42.5 Å². The topological polar surface area (TPSA) is 52.9 Å². The van der Waals surface area contributed by atoms with E-state index in [1.807, 2.05) is 42.5 Å². The second kappa shape index (κ2) is 5.11. The van der Waals surface area contributed by atoms with Crippen LogP contribution in [-0.2, 0) is 11.2 Å². The van der Waals surface area contributed by atoms with Crippen molar-refractivity contribution in [1.82, 2.24) is 5.32 Å². The van der Waals surface area contributed by atoms with Crippen LogP contribution >= 0.6 is 0 Å². The molecule has 2 aromatic carbocycles. The summed E-state index contributed by atoms with van der Waals surface area (Å²) in [5.74, 6) is -0.137. The van der Waals surface area contributed by atoms with Gasteiger partial charge in [-0.2, -0.15) is 5.26 Å². The maximum absolute atomic E-state index is 11.9. The van der Waals surface area contributed by atoms with Gasteiger partial charge in [-0.3, -0.25) is 4.79 Å². The Morgan fingerprint density at radius 1 is 1.21 bits per heavy atom. The summed E-state index contributed by atoms with van der Waals surface area (Å²) in [4.78, 5) is 11.9. The molecule has 0 unspecified atom stereocenters. The highest BCUT2D eigenvalue weighted by molar-refractivity contribution is 5.85. The summed E-state index contributed by atoms with van der Waals surface area (Å²) in [5.41, 5.74) is 0.124. The molecule has 0 saturated heterocycles. The number of fused-ring (bicyclic) bond motifs is 1. The zero-order chi connectivity index (χ0) is 13.9. The van der Waals surface area contributed by atoms with Crippen molar-refractivity contribution in [1.29, 1.82) is 5.26 Å². The van der Waals surface area contributed by atoms with Crippen LogP contribution in [0.25, 0.3) is 10.8 Å². The number of nitrogens with zero attached hydrogens (tertiary/aromatic N) is 1. The molecule has 96 valence electrons. The summed E-state index contributed by atoms with van der Waals surface area (Å²) in [6, 6.07) is 16.0. The molecular formula is C16H16N2O. The minimum Gasteiger partial charge on any atom is -0.338 e. The van der Waals surface area contributed by atoms with Crippen molar-refractivity contribution in [3.05, 3.63) is 48.0 Å². The monoisotopic (exact) mass is 252 g/mol. The lowest BCUT2D eigenvalue weighted by atomic mass is 10.0. The van der Waals surface area contributed by atoms with Crippen LogP contribution in [0.2, 0.25) is 0 Å². The third kappa shape index (κ3) is 3.32. The lowest BCUT2D eigenvalue weighted by Gasteiger charge is -2.17. The van der Waals surface area contributed by atoms with Gasteiger partial charge in [0.2, 0.25) is 5.91 Å². The van der Waals surface area contributed by atoms with Crippen LogP contribution in [0.3, 0.4) is 0 Å². The lowest BCUT2D eigenvalue weighted by Crippen LogP contribution is -2.42. The van der Waals surface area contributed by atoms with Gasteiger partial charge in [-0.15, -0.1) is 0 Å². The molecule has 0 atom stereocenters. The van der Waals surface area contributed by atoms with Crippen molar-refractivity contribution in [3.8, 4) is 6.07 Å². The first-order valence-electron chi connectivity index (χ1n) is 6.20. The first kappa shape index (κ1) is 13.1. The van der Waals surface area contributed by atoms with Gasteiger partial charge in [-0.25, -0.2) is 0 Å². The average Bonchev–Trinajstić information content (AvgIpc) is 2.38. The average molecular weight is 252 g/mol. The van der Waals surface area contributed by atoms with Crippen molar-refractivity contribution in [2.24, 2.45) is 0 Å². The molecule has 0 spiro atoms. The number of hydrogen-bond donors (Lipinski definition) is 1. The fourth-order valence-corrected chi connectivity index (χ4v) is 1.95. The highest BCUT2D eigenvalue weighted by atomic mass is 16.1. The third-order valence-electron chi connectivity index (χ3n) is 2.91. The van der Waals surface area contributed by atoms with Gasteiger partial charge in [0.1, 0.15) is 5.54 Å². The van der Waals surface area contributed by atoms with E-state index in [1.54, 1.807) is 13.8 Å². The SMILES string of the molecule is CC(C)(C#N)NC(=O)Cc1ccc2ccccc2c1. The van der Waals surface area contributed by atoms with Crippen LogP contribution < -0.4 is 5.32 Å². The Kier molecular flexibility index (Phi) is 3.52. The van der Waals surface area contributed by atoms with E-state index in [2.05, 4.69) is 11.4 Å². The van der Waals surface area contributed by atoms with E-state index < -0.39 is 5.54 Å². The molecule has 0 heterocycles. The first-order valence-corrected chi connectivity index (χ1v) is 6.20. The van der Waals surface area contributed by atoms with Crippen LogP contribution in [-0.4, -0.2) is 11.4 Å². The molecule has 0 aliphatic rings. The Morgan fingerprint density at radius 2 is 1.89 bits per heavy atom. The zero-order valence-electron chi connectivity index (χ0n) is 11.1. The number of amides is 1. The molecule has 2 aromatic rings. The van der Waals surface area contributed by atoms with E-state index in [0.29, 0.717) is 0 Å². The van der Waals surface area contributed by atoms with E-state index in [1.165, 1.54) is 0 Å². The number of carbonyl (C=O) groups excluding carboxylic acids is 1. The Bertz CT molecular complexity index is 653. The van der Waals surface area contributed by atoms with Gasteiger partial charge >= 0.3 is 0 Å². The maximum atomic E-state index is 11.9. The zero-order valence-corrected chi connectivity index (χ0v) is 11.1. The van der Waals surface area contributed by atoms with Crippen molar-refractivity contribution < 1.29 is 4.79 Å². The van der Waals surface area contributed by atoms with E-state index in [9.17, 15) is 4.79 Å². The highest BCUT2D eigenvalue weighted by Gasteiger charge is 2.19. The molecule has 2 rings (SSSR count). The number of nitrogens with one attached hydrogen (secondary N) is 1. The van der Waals surface area contributed by atoms with E-state index in [4.69, 9.17) is 5.26 Å². The summed E-state index contributed by atoms with van der Waals surface area (Å²) >= 11 is 0. The van der Waals surface area contributed by atoms with E-state index in [0.717, 1.165) is 16.3 Å². The number of hydrogen-bond acceptors (Lipinski definition) is 2. The molecule has 0 fully saturated rings. The van der Waals surface area contributed by atoms with Gasteiger partial charge in [-0.05, 0) is 30.2 Å². The fourth-order valence-electron chi connectivity index (χ4n) is 1.95. The Labute approximate surface area is 112 Å². The molecule has 1 N–H and O–H groups in total. The van der Waals surface area contributed by atoms with Crippen LogP contribution in [0.15, 0.2) is 42.5 Å². The second-order valence-electron chi connectivity index (χ2n) is 5.14. The highest BCUT2D eigenvalue weighted by Crippen LogP contribution is 2.16. The third-order valence-corrected chi connectivity index (χ3v) is 2.91. The fraction of sp³-hybridized carbons (Fsp3) is 0.250. The van der Waals surface area contributed by atoms with Crippen LogP contribution in [0, 0.1) is 11.3 Å². The standard InChI is InChI=1S/C16H16N2O/c1-16(2,11-17)18-15(19)10-12-7-8-13-5-3-4-6-14(13)9-12/h3-9H,10H2,1-2H3,(H,18,19).